The van der Waals surface area contributed by atoms with Crippen LogP contribution in [0.2, 0.25) is 0 Å². The number of hydrogen-bond donors (Lipinski definition) is 1. The van der Waals surface area contributed by atoms with E-state index in [4.69, 9.17) is 4.74 Å². The fraction of sp³-hybridized carbons (Fsp3) is 0.300. The largest absolute Gasteiger partial charge is 0.465 e. The van der Waals surface area contributed by atoms with Gasteiger partial charge in [-0.3, -0.25) is 4.79 Å². The minimum Gasteiger partial charge on any atom is -0.465 e. The number of thioether (sulfide) groups is 1. The number of benzene rings is 1. The summed E-state index contributed by atoms with van der Waals surface area (Å²) in [6, 6.07) is 9.87. The van der Waals surface area contributed by atoms with E-state index >= 15 is 0 Å². The Kier molecular flexibility index (Phi) is 6.71. The van der Waals surface area contributed by atoms with Crippen LogP contribution >= 0.6 is 23.1 Å². The number of thiophene rings is 1. The molecule has 0 saturated carbocycles. The number of hydrogen-bond acceptors (Lipinski definition) is 7. The number of anilines is 1. The average molecular weight is 431 g/mol. The Labute approximate surface area is 177 Å². The Balaban J connectivity index is 1.64. The van der Waals surface area contributed by atoms with Gasteiger partial charge >= 0.3 is 5.97 Å². The molecule has 0 radical (unpaired) electrons. The Hall–Kier alpha value is -2.65. The van der Waals surface area contributed by atoms with Gasteiger partial charge in [-0.05, 0) is 22.9 Å². The maximum absolute atomic E-state index is 12.3. The van der Waals surface area contributed by atoms with Gasteiger partial charge in [0.15, 0.2) is 11.0 Å². The molecule has 0 aliphatic carbocycles. The van der Waals surface area contributed by atoms with E-state index in [9.17, 15) is 9.59 Å². The molecule has 2 aromatic heterocycles. The van der Waals surface area contributed by atoms with Crippen molar-refractivity contribution in [2.24, 2.45) is 7.05 Å². The lowest BCUT2D eigenvalue weighted by Gasteiger charge is -2.07. The summed E-state index contributed by atoms with van der Waals surface area (Å²) >= 11 is 2.56. The van der Waals surface area contributed by atoms with Gasteiger partial charge in [-0.25, -0.2) is 4.79 Å². The molecular formula is C20H22N4O3S2. The number of aromatic nitrogens is 3. The number of nitrogens with zero attached hydrogens (tertiary/aromatic N) is 3. The van der Waals surface area contributed by atoms with Crippen molar-refractivity contribution in [3.05, 3.63) is 46.8 Å². The number of esters is 1. The monoisotopic (exact) mass is 430 g/mol. The molecule has 7 nitrogen and oxygen atoms in total. The average Bonchev–Trinajstić information content (AvgIpc) is 3.32. The third kappa shape index (κ3) is 4.86. The second-order valence-electron chi connectivity index (χ2n) is 6.63. The summed E-state index contributed by atoms with van der Waals surface area (Å²) in [7, 11) is 3.18. The SMILES string of the molecule is COC(=O)c1ccsc1NC(=O)CSc1nnc(-c2ccc(C(C)C)cc2)n1C. The highest BCUT2D eigenvalue weighted by Gasteiger charge is 2.17. The molecule has 0 unspecified atom stereocenters. The van der Waals surface area contributed by atoms with Crippen molar-refractivity contribution in [2.45, 2.75) is 24.9 Å². The van der Waals surface area contributed by atoms with Crippen LogP contribution in [-0.2, 0) is 16.6 Å². The van der Waals surface area contributed by atoms with Crippen LogP contribution in [0.1, 0.15) is 35.7 Å². The summed E-state index contributed by atoms with van der Waals surface area (Å²) in [6.07, 6.45) is 0. The minimum atomic E-state index is -0.476. The van der Waals surface area contributed by atoms with E-state index in [0.29, 0.717) is 21.6 Å². The fourth-order valence-electron chi connectivity index (χ4n) is 2.68. The first-order chi connectivity index (χ1) is 13.9. The van der Waals surface area contributed by atoms with Gasteiger partial charge < -0.3 is 14.6 Å². The van der Waals surface area contributed by atoms with Crippen LogP contribution in [0.4, 0.5) is 5.00 Å². The van der Waals surface area contributed by atoms with Gasteiger partial charge in [-0.1, -0.05) is 49.9 Å². The summed E-state index contributed by atoms with van der Waals surface area (Å²) in [4.78, 5) is 24.0. The van der Waals surface area contributed by atoms with Crippen molar-refractivity contribution in [1.82, 2.24) is 14.8 Å². The summed E-state index contributed by atoms with van der Waals surface area (Å²) in [5, 5.41) is 14.1. The van der Waals surface area contributed by atoms with Crippen molar-refractivity contribution in [3.8, 4) is 11.4 Å². The molecule has 0 aliphatic rings. The maximum atomic E-state index is 12.3. The first-order valence-electron chi connectivity index (χ1n) is 8.99. The molecular weight excluding hydrogens is 408 g/mol. The maximum Gasteiger partial charge on any atom is 0.340 e. The van der Waals surface area contributed by atoms with Crippen molar-refractivity contribution < 1.29 is 14.3 Å². The number of ether oxygens (including phenoxy) is 1. The quantitative estimate of drug-likeness (QED) is 0.447. The van der Waals surface area contributed by atoms with Crippen molar-refractivity contribution >= 4 is 40.0 Å². The number of carbonyl (C=O) groups is 2. The lowest BCUT2D eigenvalue weighted by molar-refractivity contribution is -0.113. The summed E-state index contributed by atoms with van der Waals surface area (Å²) in [5.74, 6) is 0.659. The van der Waals surface area contributed by atoms with Gasteiger partial charge in [0.25, 0.3) is 0 Å². The fourth-order valence-corrected chi connectivity index (χ4v) is 4.18. The summed E-state index contributed by atoms with van der Waals surface area (Å²) < 4.78 is 6.58. The van der Waals surface area contributed by atoms with Gasteiger partial charge in [0.05, 0.1) is 18.4 Å². The van der Waals surface area contributed by atoms with E-state index in [1.807, 2.05) is 23.7 Å². The molecule has 9 heteroatoms. The third-order valence-corrected chi connectivity index (χ3v) is 6.18. The number of carbonyl (C=O) groups excluding carboxylic acids is 2. The lowest BCUT2D eigenvalue weighted by Crippen LogP contribution is -2.16. The first kappa shape index (κ1) is 21.1. The summed E-state index contributed by atoms with van der Waals surface area (Å²) in [6.45, 7) is 4.31. The predicted octanol–water partition coefficient (Wildman–Crippen LogP) is 4.18. The molecule has 0 bridgehead atoms. The molecule has 3 aromatic rings. The molecule has 29 heavy (non-hydrogen) atoms. The molecule has 1 aromatic carbocycles. The van der Waals surface area contributed by atoms with Crippen LogP contribution in [0, 0.1) is 0 Å². The molecule has 3 rings (SSSR count). The van der Waals surface area contributed by atoms with Crippen LogP contribution in [0.3, 0.4) is 0 Å². The highest BCUT2D eigenvalue weighted by Crippen LogP contribution is 2.26. The van der Waals surface area contributed by atoms with Crippen molar-refractivity contribution in [1.29, 1.82) is 0 Å². The Morgan fingerprint density at radius 1 is 1.21 bits per heavy atom. The number of amides is 1. The normalized spacial score (nSPS) is 10.9. The van der Waals surface area contributed by atoms with Crippen LogP contribution in [0.5, 0.6) is 0 Å². The van der Waals surface area contributed by atoms with Gasteiger partial charge in [0.1, 0.15) is 5.00 Å². The smallest absolute Gasteiger partial charge is 0.340 e. The number of nitrogens with one attached hydrogen (secondary N) is 1. The molecule has 0 saturated heterocycles. The highest BCUT2D eigenvalue weighted by atomic mass is 32.2. The molecule has 1 N–H and O–H groups in total. The van der Waals surface area contributed by atoms with Crippen molar-refractivity contribution in [3.63, 3.8) is 0 Å². The van der Waals surface area contributed by atoms with E-state index < -0.39 is 5.97 Å². The van der Waals surface area contributed by atoms with E-state index in [2.05, 4.69) is 41.5 Å². The van der Waals surface area contributed by atoms with Crippen LogP contribution in [0.25, 0.3) is 11.4 Å². The summed E-state index contributed by atoms with van der Waals surface area (Å²) in [5.41, 5.74) is 2.59. The van der Waals surface area contributed by atoms with Gasteiger partial charge in [-0.2, -0.15) is 0 Å². The second kappa shape index (κ2) is 9.23. The van der Waals surface area contributed by atoms with E-state index in [1.54, 1.807) is 11.4 Å². The molecule has 0 fully saturated rings. The molecule has 0 spiro atoms. The standard InChI is InChI=1S/C20H22N4O3S2/c1-12(2)13-5-7-14(8-6-13)17-22-23-20(24(17)3)29-11-16(25)21-18-15(9-10-28-18)19(26)27-4/h5-10,12H,11H2,1-4H3,(H,21,25). The topological polar surface area (TPSA) is 86.1 Å². The minimum absolute atomic E-state index is 0.150. The van der Waals surface area contributed by atoms with E-state index in [1.165, 1.54) is 35.8 Å². The van der Waals surface area contributed by atoms with E-state index in [0.717, 1.165) is 11.4 Å². The second-order valence-corrected chi connectivity index (χ2v) is 8.49. The molecule has 0 atom stereocenters. The molecule has 2 heterocycles. The zero-order valence-corrected chi connectivity index (χ0v) is 18.3. The molecule has 152 valence electrons. The molecule has 0 aliphatic heterocycles. The van der Waals surface area contributed by atoms with Crippen LogP contribution < -0.4 is 5.32 Å². The Bertz CT molecular complexity index is 1010. The zero-order valence-electron chi connectivity index (χ0n) is 16.6. The predicted molar refractivity (Wildman–Crippen MR) is 116 cm³/mol. The lowest BCUT2D eigenvalue weighted by atomic mass is 10.0. The van der Waals surface area contributed by atoms with E-state index in [-0.39, 0.29) is 11.7 Å². The zero-order chi connectivity index (χ0) is 21.0. The molecule has 1 amide bonds. The van der Waals surface area contributed by atoms with Gasteiger partial charge in [0, 0.05) is 12.6 Å². The number of rotatable bonds is 7. The van der Waals surface area contributed by atoms with Gasteiger partial charge in [0.2, 0.25) is 5.91 Å². The Morgan fingerprint density at radius 2 is 1.93 bits per heavy atom. The van der Waals surface area contributed by atoms with Crippen LogP contribution in [-0.4, -0.2) is 39.5 Å². The Morgan fingerprint density at radius 3 is 2.59 bits per heavy atom. The number of methoxy groups -OCH3 is 1. The van der Waals surface area contributed by atoms with Crippen LogP contribution in [0.15, 0.2) is 40.9 Å². The first-order valence-corrected chi connectivity index (χ1v) is 10.9. The van der Waals surface area contributed by atoms with Crippen molar-refractivity contribution in [2.75, 3.05) is 18.2 Å². The van der Waals surface area contributed by atoms with Gasteiger partial charge in [-0.15, -0.1) is 21.5 Å². The highest BCUT2D eigenvalue weighted by molar-refractivity contribution is 7.99. The third-order valence-electron chi connectivity index (χ3n) is 4.33.